The second kappa shape index (κ2) is 4.13. The molecule has 0 spiro atoms. The minimum Gasteiger partial charge on any atom is -0.303 e. The van der Waals surface area contributed by atoms with Gasteiger partial charge in [0.25, 0.3) is 0 Å². The van der Waals surface area contributed by atoms with Gasteiger partial charge >= 0.3 is 0 Å². The van der Waals surface area contributed by atoms with Gasteiger partial charge in [-0.25, -0.2) is 4.98 Å². The molecule has 0 atom stereocenters. The first-order valence-electron chi connectivity index (χ1n) is 3.29. The summed E-state index contributed by atoms with van der Waals surface area (Å²) < 4.78 is 0. The van der Waals surface area contributed by atoms with Crippen LogP contribution in [0.15, 0.2) is 23.4 Å². The van der Waals surface area contributed by atoms with Crippen molar-refractivity contribution in [3.05, 3.63) is 23.9 Å². The quantitative estimate of drug-likeness (QED) is 0.505. The van der Waals surface area contributed by atoms with E-state index in [-0.39, 0.29) is 0 Å². The van der Waals surface area contributed by atoms with Crippen molar-refractivity contribution in [1.29, 1.82) is 0 Å². The molecule has 0 radical (unpaired) electrons. The number of carbonyl (C=O) groups excluding carboxylic acids is 1. The van der Waals surface area contributed by atoms with Crippen molar-refractivity contribution in [3.8, 4) is 0 Å². The highest BCUT2D eigenvalue weighted by atomic mass is 32.2. The minimum absolute atomic E-state index is 0.460. The van der Waals surface area contributed by atoms with E-state index < -0.39 is 0 Å². The van der Waals surface area contributed by atoms with E-state index in [4.69, 9.17) is 0 Å². The summed E-state index contributed by atoms with van der Waals surface area (Å²) in [6, 6.07) is 3.84. The lowest BCUT2D eigenvalue weighted by Crippen LogP contribution is -1.87. The first-order chi connectivity index (χ1) is 5.36. The number of pyridine rings is 1. The fourth-order valence-corrected chi connectivity index (χ4v) is 1.11. The molecule has 0 aromatic carbocycles. The van der Waals surface area contributed by atoms with E-state index in [1.807, 2.05) is 18.4 Å². The molecule has 58 valence electrons. The van der Waals surface area contributed by atoms with E-state index in [2.05, 4.69) is 4.98 Å². The van der Waals surface area contributed by atoms with Crippen molar-refractivity contribution < 1.29 is 4.79 Å². The largest absolute Gasteiger partial charge is 0.303 e. The highest BCUT2D eigenvalue weighted by Gasteiger charge is 1.92. The zero-order valence-electron chi connectivity index (χ0n) is 6.28. The molecule has 0 aliphatic rings. The molecule has 0 amide bonds. The molecule has 0 N–H and O–H groups in total. The summed E-state index contributed by atoms with van der Waals surface area (Å²) in [5.41, 5.74) is 0.970. The van der Waals surface area contributed by atoms with Crippen molar-refractivity contribution in [2.75, 3.05) is 6.26 Å². The molecular formula is C8H9NOS. The zero-order chi connectivity index (χ0) is 8.10. The maximum absolute atomic E-state index is 10.1. The maximum atomic E-state index is 10.1. The number of thioether (sulfide) groups is 1. The van der Waals surface area contributed by atoms with Gasteiger partial charge in [-0.3, -0.25) is 0 Å². The summed E-state index contributed by atoms with van der Waals surface area (Å²) >= 11 is 1.60. The highest BCUT2D eigenvalue weighted by molar-refractivity contribution is 7.98. The fraction of sp³-hybridized carbons (Fsp3) is 0.250. The van der Waals surface area contributed by atoms with Gasteiger partial charge in [0.15, 0.2) is 0 Å². The van der Waals surface area contributed by atoms with Crippen molar-refractivity contribution in [3.63, 3.8) is 0 Å². The monoisotopic (exact) mass is 167 g/mol. The molecule has 2 nitrogen and oxygen atoms in total. The number of nitrogens with zero attached hydrogens (tertiary/aromatic N) is 1. The van der Waals surface area contributed by atoms with E-state index in [0.29, 0.717) is 6.42 Å². The Labute approximate surface area is 70.0 Å². The van der Waals surface area contributed by atoms with Gasteiger partial charge in [-0.05, 0) is 17.9 Å². The predicted molar refractivity (Wildman–Crippen MR) is 45.8 cm³/mol. The van der Waals surface area contributed by atoms with Gasteiger partial charge in [-0.2, -0.15) is 0 Å². The molecule has 3 heteroatoms. The van der Waals surface area contributed by atoms with Crippen LogP contribution in [-0.4, -0.2) is 17.5 Å². The van der Waals surface area contributed by atoms with Crippen molar-refractivity contribution in [2.45, 2.75) is 11.4 Å². The molecule has 0 aliphatic carbocycles. The SMILES string of the molecule is CSc1ccc(CC=O)cn1. The highest BCUT2D eigenvalue weighted by Crippen LogP contribution is 2.10. The van der Waals surface area contributed by atoms with Crippen LogP contribution >= 0.6 is 11.8 Å². The summed E-state index contributed by atoms with van der Waals surface area (Å²) in [6.07, 6.45) is 5.05. The van der Waals surface area contributed by atoms with Crippen LogP contribution in [0.3, 0.4) is 0 Å². The molecular weight excluding hydrogens is 158 g/mol. The normalized spacial score (nSPS) is 9.55. The lowest BCUT2D eigenvalue weighted by Gasteiger charge is -1.95. The van der Waals surface area contributed by atoms with Crippen molar-refractivity contribution in [2.24, 2.45) is 0 Å². The lowest BCUT2D eigenvalue weighted by molar-refractivity contribution is -0.107. The van der Waals surface area contributed by atoms with Gasteiger partial charge in [0.2, 0.25) is 0 Å². The van der Waals surface area contributed by atoms with Crippen LogP contribution in [0.5, 0.6) is 0 Å². The minimum atomic E-state index is 0.460. The zero-order valence-corrected chi connectivity index (χ0v) is 7.10. The van der Waals surface area contributed by atoms with Crippen LogP contribution in [0.25, 0.3) is 0 Å². The van der Waals surface area contributed by atoms with Crippen LogP contribution < -0.4 is 0 Å². The molecule has 1 rings (SSSR count). The average Bonchev–Trinajstić information content (AvgIpc) is 2.07. The molecule has 1 aromatic rings. The Morgan fingerprint density at radius 3 is 2.91 bits per heavy atom. The maximum Gasteiger partial charge on any atom is 0.124 e. The predicted octanol–water partition coefficient (Wildman–Crippen LogP) is 1.54. The molecule has 0 saturated heterocycles. The smallest absolute Gasteiger partial charge is 0.124 e. The van der Waals surface area contributed by atoms with Crippen LogP contribution in [-0.2, 0) is 11.2 Å². The first kappa shape index (κ1) is 8.27. The summed E-state index contributed by atoms with van der Waals surface area (Å²) in [6.45, 7) is 0. The van der Waals surface area contributed by atoms with Crippen LogP contribution in [0.1, 0.15) is 5.56 Å². The summed E-state index contributed by atoms with van der Waals surface area (Å²) in [5.74, 6) is 0. The van der Waals surface area contributed by atoms with Gasteiger partial charge in [-0.15, -0.1) is 11.8 Å². The van der Waals surface area contributed by atoms with E-state index in [9.17, 15) is 4.79 Å². The number of aromatic nitrogens is 1. The summed E-state index contributed by atoms with van der Waals surface area (Å²) in [5, 5.41) is 0.986. The van der Waals surface area contributed by atoms with E-state index in [1.165, 1.54) is 0 Å². The number of hydrogen-bond acceptors (Lipinski definition) is 3. The molecule has 1 heterocycles. The third-order valence-electron chi connectivity index (χ3n) is 1.33. The standard InChI is InChI=1S/C8H9NOS/c1-11-8-3-2-7(4-5-10)6-9-8/h2-3,5-6H,4H2,1H3. The Balaban J connectivity index is 2.74. The van der Waals surface area contributed by atoms with Gasteiger partial charge in [0.05, 0.1) is 5.03 Å². The third-order valence-corrected chi connectivity index (χ3v) is 1.99. The second-order valence-electron chi connectivity index (χ2n) is 2.08. The molecule has 0 saturated carbocycles. The topological polar surface area (TPSA) is 30.0 Å². The second-order valence-corrected chi connectivity index (χ2v) is 2.91. The van der Waals surface area contributed by atoms with E-state index >= 15 is 0 Å². The fourth-order valence-electron chi connectivity index (χ4n) is 0.749. The summed E-state index contributed by atoms with van der Waals surface area (Å²) in [7, 11) is 0. The van der Waals surface area contributed by atoms with E-state index in [1.54, 1.807) is 18.0 Å². The molecule has 0 bridgehead atoms. The van der Waals surface area contributed by atoms with Gasteiger partial charge in [0.1, 0.15) is 6.29 Å². The Bertz CT molecular complexity index is 232. The van der Waals surface area contributed by atoms with E-state index in [0.717, 1.165) is 16.9 Å². The molecule has 0 fully saturated rings. The first-order valence-corrected chi connectivity index (χ1v) is 4.52. The van der Waals surface area contributed by atoms with Crippen LogP contribution in [0.4, 0.5) is 0 Å². The van der Waals surface area contributed by atoms with Crippen molar-refractivity contribution in [1.82, 2.24) is 4.98 Å². The van der Waals surface area contributed by atoms with Gasteiger partial charge in [0, 0.05) is 12.6 Å². The van der Waals surface area contributed by atoms with Gasteiger partial charge in [-0.1, -0.05) is 6.07 Å². The lowest BCUT2D eigenvalue weighted by atomic mass is 10.2. The van der Waals surface area contributed by atoms with Crippen LogP contribution in [0, 0.1) is 0 Å². The Hall–Kier alpha value is -0.830. The van der Waals surface area contributed by atoms with Gasteiger partial charge < -0.3 is 4.79 Å². The Kier molecular flexibility index (Phi) is 3.11. The number of hydrogen-bond donors (Lipinski definition) is 0. The average molecular weight is 167 g/mol. The number of carbonyl (C=O) groups is 1. The van der Waals surface area contributed by atoms with Crippen molar-refractivity contribution >= 4 is 18.0 Å². The summed E-state index contributed by atoms with van der Waals surface area (Å²) in [4.78, 5) is 14.2. The third kappa shape index (κ3) is 2.35. The number of rotatable bonds is 3. The van der Waals surface area contributed by atoms with Crippen LogP contribution in [0.2, 0.25) is 0 Å². The molecule has 1 aromatic heterocycles. The molecule has 0 aliphatic heterocycles. The molecule has 0 unspecified atom stereocenters. The Morgan fingerprint density at radius 2 is 2.45 bits per heavy atom. The molecule has 11 heavy (non-hydrogen) atoms. The number of aldehydes is 1. The Morgan fingerprint density at radius 1 is 1.64 bits per heavy atom.